The summed E-state index contributed by atoms with van der Waals surface area (Å²) in [6, 6.07) is 0.750. The lowest BCUT2D eigenvalue weighted by molar-refractivity contribution is -0.140. The number of morpholine rings is 1. The summed E-state index contributed by atoms with van der Waals surface area (Å²) in [7, 11) is 2.24. The van der Waals surface area contributed by atoms with E-state index >= 15 is 0 Å². The Balaban J connectivity index is 0.00000300. The van der Waals surface area contributed by atoms with Gasteiger partial charge in [0.05, 0.1) is 19.8 Å². The summed E-state index contributed by atoms with van der Waals surface area (Å²) in [5.41, 5.74) is 0. The molecule has 29 heavy (non-hydrogen) atoms. The molecule has 0 unspecified atom stereocenters. The van der Waals surface area contributed by atoms with Gasteiger partial charge in [-0.2, -0.15) is 0 Å². The largest absolute Gasteiger partial charge is 0.378 e. The quantitative estimate of drug-likeness (QED) is 0.329. The van der Waals surface area contributed by atoms with E-state index in [1.807, 2.05) is 4.90 Å². The van der Waals surface area contributed by atoms with Gasteiger partial charge in [0.25, 0.3) is 0 Å². The predicted molar refractivity (Wildman–Crippen MR) is 128 cm³/mol. The summed E-state index contributed by atoms with van der Waals surface area (Å²) in [6.45, 7) is 9.52. The van der Waals surface area contributed by atoms with Crippen LogP contribution in [-0.2, 0) is 9.53 Å². The van der Waals surface area contributed by atoms with Crippen molar-refractivity contribution in [2.75, 3.05) is 66.1 Å². The molecule has 0 aromatic rings. The van der Waals surface area contributed by atoms with Crippen LogP contribution in [0.25, 0.3) is 0 Å². The number of rotatable bonds is 6. The molecule has 0 radical (unpaired) electrons. The normalized spacial score (nSPS) is 22.1. The molecule has 2 aliphatic heterocycles. The van der Waals surface area contributed by atoms with Crippen LogP contribution in [0.1, 0.15) is 45.4 Å². The number of amides is 1. The van der Waals surface area contributed by atoms with Crippen LogP contribution < -0.4 is 5.32 Å². The smallest absolute Gasteiger partial charge is 0.225 e. The van der Waals surface area contributed by atoms with E-state index < -0.39 is 0 Å². The number of nitrogens with one attached hydrogen (secondary N) is 1. The van der Waals surface area contributed by atoms with Crippen LogP contribution in [0.2, 0.25) is 0 Å². The van der Waals surface area contributed by atoms with Crippen molar-refractivity contribution >= 4 is 35.8 Å². The zero-order valence-corrected chi connectivity index (χ0v) is 20.6. The first-order valence-corrected chi connectivity index (χ1v) is 11.3. The van der Waals surface area contributed by atoms with E-state index in [-0.39, 0.29) is 29.9 Å². The van der Waals surface area contributed by atoms with Crippen molar-refractivity contribution in [3.05, 3.63) is 0 Å². The molecule has 2 heterocycles. The molecule has 168 valence electrons. The molecule has 2 saturated heterocycles. The van der Waals surface area contributed by atoms with Gasteiger partial charge in [-0.25, -0.2) is 0 Å². The number of guanidine groups is 1. The van der Waals surface area contributed by atoms with Crippen molar-refractivity contribution in [1.29, 1.82) is 0 Å². The molecular formula is C21H40IN5O2. The second-order valence-corrected chi connectivity index (χ2v) is 8.35. The lowest BCUT2D eigenvalue weighted by Crippen LogP contribution is -2.50. The summed E-state index contributed by atoms with van der Waals surface area (Å²) >= 11 is 0. The Labute approximate surface area is 193 Å². The van der Waals surface area contributed by atoms with Gasteiger partial charge in [0.1, 0.15) is 0 Å². The van der Waals surface area contributed by atoms with Crippen LogP contribution in [0.15, 0.2) is 4.99 Å². The molecule has 3 rings (SSSR count). The minimum Gasteiger partial charge on any atom is -0.378 e. The number of hydrogen-bond acceptors (Lipinski definition) is 4. The van der Waals surface area contributed by atoms with Crippen LogP contribution in [0.3, 0.4) is 0 Å². The minimum atomic E-state index is 0. The summed E-state index contributed by atoms with van der Waals surface area (Å²) < 4.78 is 5.37. The average Bonchev–Trinajstić information content (AvgIpc) is 3.28. The Morgan fingerprint density at radius 1 is 1.07 bits per heavy atom. The average molecular weight is 521 g/mol. The number of ether oxygens (including phenoxy) is 1. The minimum absolute atomic E-state index is 0. The number of carbonyl (C=O) groups excluding carboxylic acids is 1. The molecule has 1 aliphatic carbocycles. The maximum atomic E-state index is 12.7. The molecule has 0 bridgehead atoms. The first kappa shape index (κ1) is 24.7. The van der Waals surface area contributed by atoms with E-state index in [4.69, 9.17) is 9.73 Å². The summed E-state index contributed by atoms with van der Waals surface area (Å²) in [4.78, 5) is 24.4. The van der Waals surface area contributed by atoms with Crippen molar-refractivity contribution in [1.82, 2.24) is 20.0 Å². The molecule has 0 aromatic carbocycles. The SMILES string of the molecule is CCNC(=NCCN(C)C1CCCC1)N1CCC(C(=O)N2CCOCC2)CC1.I. The van der Waals surface area contributed by atoms with Crippen LogP contribution >= 0.6 is 24.0 Å². The van der Waals surface area contributed by atoms with Gasteiger partial charge in [0.15, 0.2) is 5.96 Å². The lowest BCUT2D eigenvalue weighted by Gasteiger charge is -2.36. The maximum Gasteiger partial charge on any atom is 0.225 e. The third-order valence-corrected chi connectivity index (χ3v) is 6.46. The van der Waals surface area contributed by atoms with Crippen molar-refractivity contribution in [3.8, 4) is 0 Å². The third kappa shape index (κ3) is 7.24. The fraction of sp³-hybridized carbons (Fsp3) is 0.905. The number of halogens is 1. The molecule has 3 fully saturated rings. The van der Waals surface area contributed by atoms with E-state index in [1.165, 1.54) is 25.7 Å². The number of hydrogen-bond donors (Lipinski definition) is 1. The number of nitrogens with zero attached hydrogens (tertiary/aromatic N) is 4. The van der Waals surface area contributed by atoms with Gasteiger partial charge in [-0.3, -0.25) is 9.79 Å². The van der Waals surface area contributed by atoms with E-state index in [2.05, 4.69) is 29.1 Å². The molecule has 0 atom stereocenters. The van der Waals surface area contributed by atoms with Crippen molar-refractivity contribution in [2.45, 2.75) is 51.5 Å². The van der Waals surface area contributed by atoms with E-state index in [9.17, 15) is 4.79 Å². The summed E-state index contributed by atoms with van der Waals surface area (Å²) in [6.07, 6.45) is 7.26. The fourth-order valence-corrected chi connectivity index (χ4v) is 4.65. The summed E-state index contributed by atoms with van der Waals surface area (Å²) in [5.74, 6) is 1.49. The molecule has 1 N–H and O–H groups in total. The molecule has 7 nitrogen and oxygen atoms in total. The van der Waals surface area contributed by atoms with Gasteiger partial charge in [0.2, 0.25) is 5.91 Å². The monoisotopic (exact) mass is 521 g/mol. The Hall–Kier alpha value is -0.610. The van der Waals surface area contributed by atoms with E-state index in [1.54, 1.807) is 0 Å². The van der Waals surface area contributed by atoms with Crippen LogP contribution in [0.4, 0.5) is 0 Å². The number of piperidine rings is 1. The topological polar surface area (TPSA) is 60.4 Å². The van der Waals surface area contributed by atoms with E-state index in [0.29, 0.717) is 19.1 Å². The molecule has 1 saturated carbocycles. The molecule has 1 amide bonds. The van der Waals surface area contributed by atoms with Crippen LogP contribution in [0.5, 0.6) is 0 Å². The Kier molecular flexibility index (Phi) is 11.0. The Morgan fingerprint density at radius 3 is 2.34 bits per heavy atom. The lowest BCUT2D eigenvalue weighted by atomic mass is 9.95. The first-order valence-electron chi connectivity index (χ1n) is 11.3. The highest BCUT2D eigenvalue weighted by atomic mass is 127. The maximum absolute atomic E-state index is 12.7. The number of aliphatic imine (C=N–C) groups is 1. The van der Waals surface area contributed by atoms with Crippen LogP contribution in [0, 0.1) is 5.92 Å². The van der Waals surface area contributed by atoms with Gasteiger partial charge in [-0.15, -0.1) is 24.0 Å². The Morgan fingerprint density at radius 2 is 1.72 bits per heavy atom. The molecule has 0 aromatic heterocycles. The number of carbonyl (C=O) groups is 1. The standard InChI is InChI=1S/C21H39N5O2.HI/c1-3-22-21(23-10-13-24(2)19-6-4-5-7-19)26-11-8-18(9-12-26)20(27)25-14-16-28-17-15-25;/h18-19H,3-17H2,1-2H3,(H,22,23);1H. The van der Waals surface area contributed by atoms with Gasteiger partial charge in [-0.05, 0) is 39.7 Å². The van der Waals surface area contributed by atoms with Gasteiger partial charge in [-0.1, -0.05) is 12.8 Å². The molecule has 3 aliphatic rings. The number of likely N-dealkylation sites (tertiary alicyclic amines) is 1. The highest BCUT2D eigenvalue weighted by molar-refractivity contribution is 14.0. The molecular weight excluding hydrogens is 481 g/mol. The molecule has 8 heteroatoms. The van der Waals surface area contributed by atoms with Gasteiger partial charge < -0.3 is 24.8 Å². The van der Waals surface area contributed by atoms with Gasteiger partial charge >= 0.3 is 0 Å². The van der Waals surface area contributed by atoms with Crippen molar-refractivity contribution in [3.63, 3.8) is 0 Å². The first-order chi connectivity index (χ1) is 13.7. The van der Waals surface area contributed by atoms with Crippen molar-refractivity contribution in [2.24, 2.45) is 10.9 Å². The Bertz CT molecular complexity index is 513. The zero-order chi connectivity index (χ0) is 19.8. The molecule has 0 spiro atoms. The summed E-state index contributed by atoms with van der Waals surface area (Å²) in [5, 5.41) is 3.45. The zero-order valence-electron chi connectivity index (χ0n) is 18.3. The van der Waals surface area contributed by atoms with Gasteiger partial charge in [0, 0.05) is 51.2 Å². The van der Waals surface area contributed by atoms with E-state index in [0.717, 1.165) is 70.7 Å². The highest BCUT2D eigenvalue weighted by Crippen LogP contribution is 2.22. The van der Waals surface area contributed by atoms with Crippen molar-refractivity contribution < 1.29 is 9.53 Å². The highest BCUT2D eigenvalue weighted by Gasteiger charge is 2.30. The predicted octanol–water partition coefficient (Wildman–Crippen LogP) is 2.02. The second kappa shape index (κ2) is 12.9. The number of likely N-dealkylation sites (N-methyl/N-ethyl adjacent to an activating group) is 1. The second-order valence-electron chi connectivity index (χ2n) is 8.35. The third-order valence-electron chi connectivity index (χ3n) is 6.46. The van der Waals surface area contributed by atoms with Crippen LogP contribution in [-0.4, -0.2) is 98.7 Å². The fourth-order valence-electron chi connectivity index (χ4n) is 4.65.